The van der Waals surface area contributed by atoms with Crippen LogP contribution in [0.5, 0.6) is 11.5 Å². The van der Waals surface area contributed by atoms with Gasteiger partial charge >= 0.3 is 0 Å². The molecule has 0 atom stereocenters. The van der Waals surface area contributed by atoms with Gasteiger partial charge in [-0.3, -0.25) is 14.6 Å². The van der Waals surface area contributed by atoms with Gasteiger partial charge in [0.1, 0.15) is 11.5 Å². The molecule has 1 heterocycles. The molecule has 0 aliphatic carbocycles. The van der Waals surface area contributed by atoms with Crippen LogP contribution < -0.4 is 10.6 Å². The lowest BCUT2D eigenvalue weighted by molar-refractivity contribution is 0.0927. The van der Waals surface area contributed by atoms with Crippen LogP contribution in [0.15, 0.2) is 42.7 Å². The molecular formula is C15H15N3O4. The van der Waals surface area contributed by atoms with Crippen molar-refractivity contribution in [2.75, 3.05) is 13.1 Å². The fraction of sp³-hybridized carbons (Fsp3) is 0.133. The van der Waals surface area contributed by atoms with Gasteiger partial charge in [-0.1, -0.05) is 0 Å². The van der Waals surface area contributed by atoms with Gasteiger partial charge in [0, 0.05) is 42.7 Å². The molecule has 0 bridgehead atoms. The van der Waals surface area contributed by atoms with Crippen LogP contribution in [0.25, 0.3) is 0 Å². The minimum atomic E-state index is -0.454. The standard InChI is InChI=1S/C15H15N3O4/c19-12-7-11(8-13(20)9-12)15(22)18-6-5-17-14(21)10-1-3-16-4-2-10/h1-4,7-9,19-20H,5-6H2,(H,17,21)(H,18,22). The summed E-state index contributed by atoms with van der Waals surface area (Å²) in [7, 11) is 0. The van der Waals surface area contributed by atoms with E-state index in [1.807, 2.05) is 0 Å². The van der Waals surface area contributed by atoms with Gasteiger partial charge in [-0.15, -0.1) is 0 Å². The summed E-state index contributed by atoms with van der Waals surface area (Å²) in [5.41, 5.74) is 0.622. The summed E-state index contributed by atoms with van der Waals surface area (Å²) < 4.78 is 0. The van der Waals surface area contributed by atoms with E-state index in [0.29, 0.717) is 5.56 Å². The lowest BCUT2D eigenvalue weighted by Gasteiger charge is -2.08. The molecule has 0 radical (unpaired) electrons. The normalized spacial score (nSPS) is 10.0. The van der Waals surface area contributed by atoms with Crippen molar-refractivity contribution in [2.24, 2.45) is 0 Å². The molecule has 0 saturated heterocycles. The van der Waals surface area contributed by atoms with E-state index in [0.717, 1.165) is 6.07 Å². The number of phenols is 2. The molecule has 2 amide bonds. The molecule has 0 aliphatic rings. The molecule has 7 nitrogen and oxygen atoms in total. The van der Waals surface area contributed by atoms with Gasteiger partial charge in [-0.2, -0.15) is 0 Å². The van der Waals surface area contributed by atoms with Gasteiger partial charge in [0.05, 0.1) is 0 Å². The molecule has 4 N–H and O–H groups in total. The van der Waals surface area contributed by atoms with E-state index in [-0.39, 0.29) is 36.1 Å². The van der Waals surface area contributed by atoms with E-state index in [1.165, 1.54) is 24.5 Å². The number of hydrogen-bond acceptors (Lipinski definition) is 5. The third kappa shape index (κ3) is 4.20. The minimum absolute atomic E-state index is 0.137. The molecular weight excluding hydrogens is 286 g/mol. The monoisotopic (exact) mass is 301 g/mol. The number of hydrogen-bond donors (Lipinski definition) is 4. The highest BCUT2D eigenvalue weighted by Crippen LogP contribution is 2.20. The van der Waals surface area contributed by atoms with Crippen LogP contribution in [0.4, 0.5) is 0 Å². The zero-order valence-corrected chi connectivity index (χ0v) is 11.6. The number of pyridine rings is 1. The van der Waals surface area contributed by atoms with Crippen molar-refractivity contribution >= 4 is 11.8 Å². The summed E-state index contributed by atoms with van der Waals surface area (Å²) in [6.07, 6.45) is 3.04. The molecule has 2 aromatic rings. The molecule has 0 saturated carbocycles. The Bertz CT molecular complexity index is 653. The van der Waals surface area contributed by atoms with E-state index < -0.39 is 5.91 Å². The smallest absolute Gasteiger partial charge is 0.251 e. The molecule has 1 aromatic carbocycles. The summed E-state index contributed by atoms with van der Waals surface area (Å²) in [4.78, 5) is 27.4. The van der Waals surface area contributed by atoms with Gasteiger partial charge in [-0.05, 0) is 24.3 Å². The molecule has 7 heteroatoms. The quantitative estimate of drug-likeness (QED) is 0.606. The van der Waals surface area contributed by atoms with E-state index >= 15 is 0 Å². The van der Waals surface area contributed by atoms with Crippen LogP contribution in [-0.2, 0) is 0 Å². The highest BCUT2D eigenvalue weighted by molar-refractivity contribution is 5.95. The van der Waals surface area contributed by atoms with E-state index in [4.69, 9.17) is 0 Å². The Hall–Kier alpha value is -3.09. The second-order valence-electron chi connectivity index (χ2n) is 4.49. The Morgan fingerprint density at radius 2 is 1.36 bits per heavy atom. The lowest BCUT2D eigenvalue weighted by atomic mass is 10.2. The predicted octanol–water partition coefficient (Wildman–Crippen LogP) is 0.653. The van der Waals surface area contributed by atoms with Gasteiger partial charge in [0.25, 0.3) is 11.8 Å². The molecule has 2 rings (SSSR count). The Labute approximate surface area is 126 Å². The fourth-order valence-electron chi connectivity index (χ4n) is 1.79. The molecule has 0 fully saturated rings. The summed E-state index contributed by atoms with van der Waals surface area (Å²) in [6.45, 7) is 0.462. The van der Waals surface area contributed by atoms with Crippen molar-refractivity contribution in [1.82, 2.24) is 15.6 Å². The molecule has 22 heavy (non-hydrogen) atoms. The minimum Gasteiger partial charge on any atom is -0.508 e. The van der Waals surface area contributed by atoms with Crippen LogP contribution in [-0.4, -0.2) is 40.1 Å². The number of aromatic nitrogens is 1. The molecule has 0 spiro atoms. The SMILES string of the molecule is O=C(NCCNC(=O)c1cc(O)cc(O)c1)c1ccncc1. The van der Waals surface area contributed by atoms with Crippen LogP contribution in [0.1, 0.15) is 20.7 Å². The zero-order chi connectivity index (χ0) is 15.9. The zero-order valence-electron chi connectivity index (χ0n) is 11.6. The van der Waals surface area contributed by atoms with Crippen molar-refractivity contribution in [3.8, 4) is 11.5 Å². The van der Waals surface area contributed by atoms with E-state index in [2.05, 4.69) is 15.6 Å². The highest BCUT2D eigenvalue weighted by atomic mass is 16.3. The largest absolute Gasteiger partial charge is 0.508 e. The average Bonchev–Trinajstić information content (AvgIpc) is 2.51. The van der Waals surface area contributed by atoms with Gasteiger partial charge in [0.15, 0.2) is 0 Å². The average molecular weight is 301 g/mol. The first kappa shape index (κ1) is 15.3. The molecule has 0 unspecified atom stereocenters. The first-order chi connectivity index (χ1) is 10.6. The number of aromatic hydroxyl groups is 2. The summed E-state index contributed by atoms with van der Waals surface area (Å²) in [6, 6.07) is 6.79. The topological polar surface area (TPSA) is 112 Å². The van der Waals surface area contributed by atoms with Crippen molar-refractivity contribution < 1.29 is 19.8 Å². The predicted molar refractivity (Wildman–Crippen MR) is 78.7 cm³/mol. The second-order valence-corrected chi connectivity index (χ2v) is 4.49. The van der Waals surface area contributed by atoms with Crippen LogP contribution >= 0.6 is 0 Å². The number of benzene rings is 1. The highest BCUT2D eigenvalue weighted by Gasteiger charge is 2.08. The number of amides is 2. The van der Waals surface area contributed by atoms with E-state index in [9.17, 15) is 19.8 Å². The van der Waals surface area contributed by atoms with Crippen LogP contribution in [0.2, 0.25) is 0 Å². The Morgan fingerprint density at radius 1 is 0.864 bits per heavy atom. The lowest BCUT2D eigenvalue weighted by Crippen LogP contribution is -2.34. The van der Waals surface area contributed by atoms with Gasteiger partial charge < -0.3 is 20.8 Å². The summed E-state index contributed by atoms with van der Waals surface area (Å²) in [5, 5.41) is 23.8. The molecule has 1 aromatic heterocycles. The Morgan fingerprint density at radius 3 is 1.91 bits per heavy atom. The van der Waals surface area contributed by atoms with Crippen LogP contribution in [0, 0.1) is 0 Å². The van der Waals surface area contributed by atoms with Crippen molar-refractivity contribution in [2.45, 2.75) is 0 Å². The number of nitrogens with one attached hydrogen (secondary N) is 2. The van der Waals surface area contributed by atoms with E-state index in [1.54, 1.807) is 12.1 Å². The number of carbonyl (C=O) groups excluding carboxylic acids is 2. The Balaban J connectivity index is 1.79. The maximum absolute atomic E-state index is 11.8. The summed E-state index contributed by atoms with van der Waals surface area (Å²) >= 11 is 0. The first-order valence-electron chi connectivity index (χ1n) is 6.56. The molecule has 114 valence electrons. The third-order valence-electron chi connectivity index (χ3n) is 2.80. The Kier molecular flexibility index (Phi) is 4.92. The number of phenolic OH excluding ortho intramolecular Hbond substituents is 2. The summed E-state index contributed by atoms with van der Waals surface area (Å²) in [5.74, 6) is -1.11. The van der Waals surface area contributed by atoms with Crippen molar-refractivity contribution in [3.05, 3.63) is 53.9 Å². The van der Waals surface area contributed by atoms with Gasteiger partial charge in [-0.25, -0.2) is 0 Å². The van der Waals surface area contributed by atoms with Crippen molar-refractivity contribution in [1.29, 1.82) is 0 Å². The maximum atomic E-state index is 11.8. The second kappa shape index (κ2) is 7.07. The maximum Gasteiger partial charge on any atom is 0.251 e. The number of carbonyl (C=O) groups is 2. The first-order valence-corrected chi connectivity index (χ1v) is 6.56. The molecule has 0 aliphatic heterocycles. The van der Waals surface area contributed by atoms with Gasteiger partial charge in [0.2, 0.25) is 0 Å². The van der Waals surface area contributed by atoms with Crippen molar-refractivity contribution in [3.63, 3.8) is 0 Å². The third-order valence-corrected chi connectivity index (χ3v) is 2.80. The number of rotatable bonds is 5. The number of nitrogens with zero attached hydrogens (tertiary/aromatic N) is 1. The van der Waals surface area contributed by atoms with Crippen LogP contribution in [0.3, 0.4) is 0 Å². The fourth-order valence-corrected chi connectivity index (χ4v) is 1.79.